The van der Waals surface area contributed by atoms with Crippen molar-refractivity contribution in [1.82, 2.24) is 14.7 Å². The average Bonchev–Trinajstić information content (AvgIpc) is 3.44. The van der Waals surface area contributed by atoms with E-state index in [0.29, 0.717) is 17.1 Å². The number of halogens is 3. The third kappa shape index (κ3) is 3.68. The maximum Gasteiger partial charge on any atom is 0.435 e. The van der Waals surface area contributed by atoms with Crippen LogP contribution < -0.4 is 9.64 Å². The van der Waals surface area contributed by atoms with Gasteiger partial charge in [0.1, 0.15) is 17.3 Å². The second-order valence-corrected chi connectivity index (χ2v) is 8.16. The molecule has 0 saturated carbocycles. The molecule has 3 aromatic rings. The molecule has 0 saturated heterocycles. The first-order valence-electron chi connectivity index (χ1n) is 10.8. The lowest BCUT2D eigenvalue weighted by molar-refractivity contribution is -0.141. The summed E-state index contributed by atoms with van der Waals surface area (Å²) in [5, 5.41) is 3.82. The monoisotopic (exact) mass is 469 g/mol. The first kappa shape index (κ1) is 22.0. The second kappa shape index (κ2) is 8.19. The van der Waals surface area contributed by atoms with E-state index in [-0.39, 0.29) is 24.2 Å². The fourth-order valence-electron chi connectivity index (χ4n) is 4.38. The fourth-order valence-corrected chi connectivity index (χ4v) is 4.38. The van der Waals surface area contributed by atoms with Gasteiger partial charge in [0.15, 0.2) is 5.69 Å². The molecule has 1 aromatic heterocycles. The molecule has 0 aliphatic carbocycles. The zero-order chi connectivity index (χ0) is 24.0. The summed E-state index contributed by atoms with van der Waals surface area (Å²) in [5.74, 6) is 0.903. The van der Waals surface area contributed by atoms with Crippen molar-refractivity contribution in [2.45, 2.75) is 12.6 Å². The van der Waals surface area contributed by atoms with Crippen LogP contribution in [0.5, 0.6) is 5.75 Å². The van der Waals surface area contributed by atoms with Crippen LogP contribution in [0, 0.1) is 0 Å². The number of hydrogen-bond donors (Lipinski definition) is 0. The molecule has 0 radical (unpaired) electrons. The molecule has 10 heteroatoms. The largest absolute Gasteiger partial charge is 0.497 e. The minimum absolute atomic E-state index is 0.0449. The average molecular weight is 469 g/mol. The van der Waals surface area contributed by atoms with Crippen LogP contribution >= 0.6 is 0 Å². The predicted molar refractivity (Wildman–Crippen MR) is 121 cm³/mol. The van der Waals surface area contributed by atoms with Crippen molar-refractivity contribution in [2.75, 3.05) is 38.7 Å². The number of carbonyl (C=O) groups excluding carboxylic acids is 1. The number of benzene rings is 2. The van der Waals surface area contributed by atoms with Crippen molar-refractivity contribution in [2.24, 2.45) is 4.99 Å². The lowest BCUT2D eigenvalue weighted by atomic mass is 10.0. The zero-order valence-electron chi connectivity index (χ0n) is 18.6. The summed E-state index contributed by atoms with van der Waals surface area (Å²) in [5.41, 5.74) is 0.702. The minimum atomic E-state index is -4.67. The standard InChI is InChI=1S/C24H22F3N5O2/c1-30-14-12-28-22(30)15-3-5-16(6-4-15)31-13-11-19-20(23(31)33)32(29-21(19)24(25,26)27)17-7-9-18(34-2)10-8-17/h3-10H,11-14H2,1-2H3. The topological polar surface area (TPSA) is 63.0 Å². The summed E-state index contributed by atoms with van der Waals surface area (Å²) < 4.78 is 47.5. The molecular formula is C24H22F3N5O2. The number of amidine groups is 1. The van der Waals surface area contributed by atoms with Crippen LogP contribution in [0.4, 0.5) is 18.9 Å². The molecule has 1 amide bonds. The number of aliphatic imine (C=N–C) groups is 1. The Kier molecular flexibility index (Phi) is 5.30. The highest BCUT2D eigenvalue weighted by atomic mass is 19.4. The van der Waals surface area contributed by atoms with E-state index < -0.39 is 17.8 Å². The summed E-state index contributed by atoms with van der Waals surface area (Å²) in [7, 11) is 3.46. The number of amides is 1. The van der Waals surface area contributed by atoms with E-state index in [9.17, 15) is 18.0 Å². The Morgan fingerprint density at radius 3 is 2.24 bits per heavy atom. The number of anilines is 1. The van der Waals surface area contributed by atoms with Crippen LogP contribution in [0.2, 0.25) is 0 Å². The van der Waals surface area contributed by atoms with Gasteiger partial charge in [-0.3, -0.25) is 9.79 Å². The minimum Gasteiger partial charge on any atom is -0.497 e. The van der Waals surface area contributed by atoms with E-state index in [2.05, 4.69) is 15.0 Å². The van der Waals surface area contributed by atoms with Crippen LogP contribution in [-0.4, -0.2) is 60.2 Å². The number of fused-ring (bicyclic) bond motifs is 1. The fraction of sp³-hybridized carbons (Fsp3) is 0.292. The van der Waals surface area contributed by atoms with E-state index in [1.165, 1.54) is 12.0 Å². The summed E-state index contributed by atoms with van der Waals surface area (Å²) in [6, 6.07) is 13.7. The van der Waals surface area contributed by atoms with Crippen molar-refractivity contribution in [3.63, 3.8) is 0 Å². The van der Waals surface area contributed by atoms with Gasteiger partial charge in [0.05, 0.1) is 19.3 Å². The maximum atomic E-state index is 13.8. The van der Waals surface area contributed by atoms with Crippen molar-refractivity contribution < 1.29 is 22.7 Å². The van der Waals surface area contributed by atoms with Crippen molar-refractivity contribution in [1.29, 1.82) is 0 Å². The van der Waals surface area contributed by atoms with E-state index in [1.54, 1.807) is 36.4 Å². The summed E-state index contributed by atoms with van der Waals surface area (Å²) in [6.45, 7) is 1.71. The number of ether oxygens (including phenoxy) is 1. The Labute approximate surface area is 194 Å². The van der Waals surface area contributed by atoms with Crippen LogP contribution in [0.1, 0.15) is 27.3 Å². The van der Waals surface area contributed by atoms with E-state index in [1.807, 2.05) is 19.2 Å². The number of rotatable bonds is 4. The van der Waals surface area contributed by atoms with Gasteiger partial charge in [-0.25, -0.2) is 4.68 Å². The van der Waals surface area contributed by atoms with Crippen molar-refractivity contribution in [3.05, 3.63) is 71.0 Å². The first-order chi connectivity index (χ1) is 16.3. The summed E-state index contributed by atoms with van der Waals surface area (Å²) >= 11 is 0. The molecule has 0 bridgehead atoms. The van der Waals surface area contributed by atoms with Crippen LogP contribution in [-0.2, 0) is 12.6 Å². The van der Waals surface area contributed by atoms with E-state index in [0.717, 1.165) is 29.2 Å². The molecule has 0 atom stereocenters. The molecule has 0 N–H and O–H groups in total. The molecular weight excluding hydrogens is 447 g/mol. The van der Waals surface area contributed by atoms with Gasteiger partial charge in [0.2, 0.25) is 0 Å². The van der Waals surface area contributed by atoms with Crippen molar-refractivity contribution in [3.8, 4) is 11.4 Å². The molecule has 2 aliphatic heterocycles. The van der Waals surface area contributed by atoms with Crippen LogP contribution in [0.3, 0.4) is 0 Å². The lowest BCUT2D eigenvalue weighted by Crippen LogP contribution is -2.39. The molecule has 0 fully saturated rings. The van der Waals surface area contributed by atoms with Gasteiger partial charge < -0.3 is 14.5 Å². The molecule has 176 valence electrons. The Balaban J connectivity index is 1.53. The van der Waals surface area contributed by atoms with Crippen LogP contribution in [0.15, 0.2) is 53.5 Å². The molecule has 3 heterocycles. The number of hydrogen-bond acceptors (Lipinski definition) is 5. The lowest BCUT2D eigenvalue weighted by Gasteiger charge is -2.28. The Morgan fingerprint density at radius 2 is 1.65 bits per heavy atom. The molecule has 0 unspecified atom stereocenters. The van der Waals surface area contributed by atoms with Gasteiger partial charge in [-0.15, -0.1) is 0 Å². The highest BCUT2D eigenvalue weighted by Gasteiger charge is 2.43. The van der Waals surface area contributed by atoms with Crippen molar-refractivity contribution >= 4 is 17.4 Å². The zero-order valence-corrected chi connectivity index (χ0v) is 18.6. The second-order valence-electron chi connectivity index (χ2n) is 8.16. The predicted octanol–water partition coefficient (Wildman–Crippen LogP) is 3.79. The number of aromatic nitrogens is 2. The number of alkyl halides is 3. The highest BCUT2D eigenvalue weighted by molar-refractivity contribution is 6.08. The van der Waals surface area contributed by atoms with E-state index in [4.69, 9.17) is 4.74 Å². The maximum absolute atomic E-state index is 13.8. The van der Waals surface area contributed by atoms with Gasteiger partial charge >= 0.3 is 6.18 Å². The van der Waals surface area contributed by atoms with Gasteiger partial charge in [0, 0.05) is 37.0 Å². The summed E-state index contributed by atoms with van der Waals surface area (Å²) in [4.78, 5) is 21.6. The van der Waals surface area contributed by atoms with Gasteiger partial charge in [-0.05, 0) is 55.0 Å². The normalized spacial score (nSPS) is 16.0. The Bertz CT molecular complexity index is 1260. The smallest absolute Gasteiger partial charge is 0.435 e. The van der Waals surface area contributed by atoms with Gasteiger partial charge in [-0.2, -0.15) is 18.3 Å². The van der Waals surface area contributed by atoms with Crippen LogP contribution in [0.25, 0.3) is 5.69 Å². The number of methoxy groups -OCH3 is 1. The molecule has 2 aliphatic rings. The molecule has 7 nitrogen and oxygen atoms in total. The number of nitrogens with zero attached hydrogens (tertiary/aromatic N) is 5. The third-order valence-corrected chi connectivity index (χ3v) is 6.10. The first-order valence-corrected chi connectivity index (χ1v) is 10.8. The molecule has 34 heavy (non-hydrogen) atoms. The molecule has 2 aromatic carbocycles. The quantitative estimate of drug-likeness (QED) is 0.583. The number of carbonyl (C=O) groups is 1. The Morgan fingerprint density at radius 1 is 0.971 bits per heavy atom. The van der Waals surface area contributed by atoms with Gasteiger partial charge in [0.25, 0.3) is 5.91 Å². The Hall–Kier alpha value is -3.82. The molecule has 0 spiro atoms. The van der Waals surface area contributed by atoms with Gasteiger partial charge in [-0.1, -0.05) is 0 Å². The van der Waals surface area contributed by atoms with E-state index >= 15 is 0 Å². The SMILES string of the molecule is COc1ccc(-n2nc(C(F)(F)F)c3c2C(=O)N(c2ccc(C4=NCCN4C)cc2)CC3)cc1. The summed E-state index contributed by atoms with van der Waals surface area (Å²) in [6.07, 6.45) is -4.62. The molecule has 5 rings (SSSR count). The number of likely N-dealkylation sites (N-methyl/N-ethyl adjacent to an activating group) is 1. The third-order valence-electron chi connectivity index (χ3n) is 6.10. The highest BCUT2D eigenvalue weighted by Crippen LogP contribution is 2.37.